The van der Waals surface area contributed by atoms with Crippen LogP contribution in [0.3, 0.4) is 0 Å². The third kappa shape index (κ3) is 4.41. The molecule has 29 heavy (non-hydrogen) atoms. The summed E-state index contributed by atoms with van der Waals surface area (Å²) in [5, 5.41) is 4.94. The molecule has 0 aliphatic heterocycles. The minimum atomic E-state index is -0.224. The van der Waals surface area contributed by atoms with E-state index in [0.29, 0.717) is 45.7 Å². The second kappa shape index (κ2) is 9.40. The van der Waals surface area contributed by atoms with Crippen molar-refractivity contribution in [1.29, 1.82) is 0 Å². The van der Waals surface area contributed by atoms with Crippen molar-refractivity contribution in [3.63, 3.8) is 0 Å². The van der Waals surface area contributed by atoms with Crippen molar-refractivity contribution in [2.75, 3.05) is 13.7 Å². The molecule has 0 radical (unpaired) electrons. The Morgan fingerprint density at radius 3 is 2.59 bits per heavy atom. The molecule has 0 aliphatic rings. The maximum Gasteiger partial charge on any atom is 0.282 e. The Hall–Kier alpha value is -1.71. The molecule has 0 atom stereocenters. The third-order valence-electron chi connectivity index (χ3n) is 4.16. The standard InChI is InChI=1S/C20H18Br3N3O3/c1-4-16-25-14-7-6-12(21)9-13(14)20(27)26(16)24-10-11-8-15(29-5-2)19(28-3)18(23)17(11)22/h6-10H,4-5H2,1-3H3. The van der Waals surface area contributed by atoms with Gasteiger partial charge in [0.1, 0.15) is 5.82 Å². The Morgan fingerprint density at radius 1 is 1.17 bits per heavy atom. The van der Waals surface area contributed by atoms with Gasteiger partial charge in [0.15, 0.2) is 11.5 Å². The Bertz CT molecular complexity index is 1160. The molecule has 0 bridgehead atoms. The van der Waals surface area contributed by atoms with E-state index in [4.69, 9.17) is 9.47 Å². The van der Waals surface area contributed by atoms with Gasteiger partial charge in [0, 0.05) is 20.9 Å². The first-order valence-corrected chi connectivity index (χ1v) is 11.2. The number of ether oxygens (including phenoxy) is 2. The van der Waals surface area contributed by atoms with Crippen molar-refractivity contribution in [2.24, 2.45) is 5.10 Å². The molecule has 3 rings (SSSR count). The summed E-state index contributed by atoms with van der Waals surface area (Å²) in [6.07, 6.45) is 2.17. The van der Waals surface area contributed by atoms with Crippen molar-refractivity contribution in [3.8, 4) is 11.5 Å². The van der Waals surface area contributed by atoms with E-state index < -0.39 is 0 Å². The van der Waals surface area contributed by atoms with Crippen LogP contribution >= 0.6 is 47.8 Å². The van der Waals surface area contributed by atoms with Gasteiger partial charge in [0.2, 0.25) is 0 Å². The summed E-state index contributed by atoms with van der Waals surface area (Å²) in [7, 11) is 1.58. The summed E-state index contributed by atoms with van der Waals surface area (Å²) >= 11 is 10.5. The minimum absolute atomic E-state index is 0.224. The molecule has 1 heterocycles. The van der Waals surface area contributed by atoms with E-state index in [0.717, 1.165) is 14.5 Å². The lowest BCUT2D eigenvalue weighted by Crippen LogP contribution is -2.22. The van der Waals surface area contributed by atoms with Crippen molar-refractivity contribution in [3.05, 3.63) is 59.4 Å². The van der Waals surface area contributed by atoms with Gasteiger partial charge in [-0.2, -0.15) is 9.78 Å². The number of rotatable bonds is 6. The average molecular weight is 588 g/mol. The molecular formula is C20H18Br3N3O3. The molecule has 2 aromatic carbocycles. The monoisotopic (exact) mass is 585 g/mol. The molecule has 9 heteroatoms. The summed E-state index contributed by atoms with van der Waals surface area (Å²) in [6, 6.07) is 7.24. The molecule has 6 nitrogen and oxygen atoms in total. The van der Waals surface area contributed by atoms with Gasteiger partial charge < -0.3 is 9.47 Å². The number of fused-ring (bicyclic) bond motifs is 1. The van der Waals surface area contributed by atoms with E-state index in [1.54, 1.807) is 19.4 Å². The quantitative estimate of drug-likeness (QED) is 0.356. The predicted molar refractivity (Wildman–Crippen MR) is 126 cm³/mol. The second-order valence-electron chi connectivity index (χ2n) is 5.96. The van der Waals surface area contributed by atoms with Crippen LogP contribution in [0.1, 0.15) is 25.2 Å². The summed E-state index contributed by atoms with van der Waals surface area (Å²) in [6.45, 7) is 4.32. The number of hydrogen-bond donors (Lipinski definition) is 0. The highest BCUT2D eigenvalue weighted by molar-refractivity contribution is 9.13. The van der Waals surface area contributed by atoms with E-state index in [1.165, 1.54) is 4.68 Å². The van der Waals surface area contributed by atoms with Crippen molar-refractivity contribution >= 4 is 64.9 Å². The van der Waals surface area contributed by atoms with E-state index >= 15 is 0 Å². The zero-order valence-corrected chi connectivity index (χ0v) is 20.8. The fourth-order valence-electron chi connectivity index (χ4n) is 2.81. The number of hydrogen-bond acceptors (Lipinski definition) is 5. The predicted octanol–water partition coefficient (Wildman–Crippen LogP) is 5.54. The van der Waals surface area contributed by atoms with Crippen molar-refractivity contribution in [2.45, 2.75) is 20.3 Å². The molecule has 152 valence electrons. The third-order valence-corrected chi connectivity index (χ3v) is 6.80. The van der Waals surface area contributed by atoms with Gasteiger partial charge in [-0.25, -0.2) is 4.98 Å². The van der Waals surface area contributed by atoms with E-state index in [-0.39, 0.29) is 5.56 Å². The topological polar surface area (TPSA) is 65.7 Å². The molecule has 0 spiro atoms. The lowest BCUT2D eigenvalue weighted by molar-refractivity contribution is 0.309. The van der Waals surface area contributed by atoms with Crippen LogP contribution < -0.4 is 15.0 Å². The smallest absolute Gasteiger partial charge is 0.282 e. The molecule has 3 aromatic rings. The fraction of sp³-hybridized carbons (Fsp3) is 0.250. The molecule has 0 aliphatic carbocycles. The van der Waals surface area contributed by atoms with Crippen LogP contribution in [0.2, 0.25) is 0 Å². The second-order valence-corrected chi connectivity index (χ2v) is 8.46. The van der Waals surface area contributed by atoms with Crippen LogP contribution in [0.15, 0.2) is 47.6 Å². The van der Waals surface area contributed by atoms with Crippen LogP contribution in [0.5, 0.6) is 11.5 Å². The number of methoxy groups -OCH3 is 1. The van der Waals surface area contributed by atoms with Crippen LogP contribution in [-0.2, 0) is 6.42 Å². The summed E-state index contributed by atoms with van der Waals surface area (Å²) in [4.78, 5) is 17.6. The van der Waals surface area contributed by atoms with Crippen LogP contribution in [0.4, 0.5) is 0 Å². The highest BCUT2D eigenvalue weighted by Gasteiger charge is 2.16. The number of aromatic nitrogens is 2. The molecule has 0 amide bonds. The van der Waals surface area contributed by atoms with Gasteiger partial charge in [-0.05, 0) is 63.0 Å². The van der Waals surface area contributed by atoms with Gasteiger partial charge in [-0.1, -0.05) is 22.9 Å². The lowest BCUT2D eigenvalue weighted by Gasteiger charge is -2.14. The molecule has 1 aromatic heterocycles. The normalized spacial score (nSPS) is 11.4. The van der Waals surface area contributed by atoms with Gasteiger partial charge in [-0.15, -0.1) is 0 Å². The zero-order chi connectivity index (χ0) is 21.1. The summed E-state index contributed by atoms with van der Waals surface area (Å²) < 4.78 is 14.7. The number of halogens is 3. The first-order chi connectivity index (χ1) is 13.9. The van der Waals surface area contributed by atoms with E-state index in [2.05, 4.69) is 57.9 Å². The van der Waals surface area contributed by atoms with E-state index in [9.17, 15) is 4.79 Å². The SMILES string of the molecule is CCOc1cc(C=Nn2c(CC)nc3ccc(Br)cc3c2=O)c(Br)c(Br)c1OC. The molecule has 0 unspecified atom stereocenters. The summed E-state index contributed by atoms with van der Waals surface area (Å²) in [5.41, 5.74) is 1.15. The summed E-state index contributed by atoms with van der Waals surface area (Å²) in [5.74, 6) is 1.74. The molecule has 0 N–H and O–H groups in total. The minimum Gasteiger partial charge on any atom is -0.492 e. The first kappa shape index (κ1) is 22.0. The maximum atomic E-state index is 13.0. The number of benzene rings is 2. The van der Waals surface area contributed by atoms with E-state index in [1.807, 2.05) is 32.0 Å². The Labute approximate surface area is 193 Å². The van der Waals surface area contributed by atoms with Crippen LogP contribution in [-0.4, -0.2) is 29.6 Å². The van der Waals surface area contributed by atoms with Crippen molar-refractivity contribution < 1.29 is 9.47 Å². The van der Waals surface area contributed by atoms with Gasteiger partial charge in [0.25, 0.3) is 5.56 Å². The maximum absolute atomic E-state index is 13.0. The average Bonchev–Trinajstić information content (AvgIpc) is 2.71. The molecule has 0 saturated heterocycles. The molecular weight excluding hydrogens is 570 g/mol. The fourth-order valence-corrected chi connectivity index (χ4v) is 4.16. The highest BCUT2D eigenvalue weighted by Crippen LogP contribution is 2.42. The van der Waals surface area contributed by atoms with Gasteiger partial charge in [-0.3, -0.25) is 4.79 Å². The molecule has 0 saturated carbocycles. The Morgan fingerprint density at radius 2 is 1.93 bits per heavy atom. The Balaban J connectivity index is 2.16. The number of nitrogens with zero attached hydrogens (tertiary/aromatic N) is 3. The van der Waals surface area contributed by atoms with Crippen LogP contribution in [0.25, 0.3) is 10.9 Å². The number of aryl methyl sites for hydroxylation is 1. The van der Waals surface area contributed by atoms with Gasteiger partial charge >= 0.3 is 0 Å². The van der Waals surface area contributed by atoms with Crippen molar-refractivity contribution in [1.82, 2.24) is 9.66 Å². The first-order valence-electron chi connectivity index (χ1n) is 8.85. The molecule has 0 fully saturated rings. The Kier molecular flexibility index (Phi) is 7.13. The lowest BCUT2D eigenvalue weighted by atomic mass is 10.2. The highest BCUT2D eigenvalue weighted by atomic mass is 79.9. The van der Waals surface area contributed by atoms with Gasteiger partial charge in [0.05, 0.1) is 35.3 Å². The largest absolute Gasteiger partial charge is 0.492 e. The zero-order valence-electron chi connectivity index (χ0n) is 16.0. The van der Waals surface area contributed by atoms with Crippen LogP contribution in [0, 0.1) is 0 Å².